The fourth-order valence-corrected chi connectivity index (χ4v) is 2.92. The van der Waals surface area contributed by atoms with E-state index >= 15 is 0 Å². The number of primary amides is 1. The van der Waals surface area contributed by atoms with Crippen molar-refractivity contribution < 1.29 is 9.59 Å². The minimum Gasteiger partial charge on any atom is -0.369 e. The minimum atomic E-state index is -0.273. The second-order valence-electron chi connectivity index (χ2n) is 5.69. The maximum atomic E-state index is 12.3. The first kappa shape index (κ1) is 16.4. The predicted octanol–water partition coefficient (Wildman–Crippen LogP) is 1.77. The van der Waals surface area contributed by atoms with Crippen LogP contribution in [0.25, 0.3) is 0 Å². The van der Waals surface area contributed by atoms with Crippen molar-refractivity contribution in [3.05, 3.63) is 29.3 Å². The van der Waals surface area contributed by atoms with Gasteiger partial charge in [-0.1, -0.05) is 30.4 Å². The lowest BCUT2D eigenvalue weighted by atomic mass is 9.96. The van der Waals surface area contributed by atoms with Crippen LogP contribution >= 0.6 is 12.2 Å². The summed E-state index contributed by atoms with van der Waals surface area (Å²) in [5, 5.41) is 2.90. The molecule has 0 aliphatic carbocycles. The molecule has 3 N–H and O–H groups in total. The van der Waals surface area contributed by atoms with Crippen LogP contribution in [0.4, 0.5) is 5.69 Å². The van der Waals surface area contributed by atoms with Gasteiger partial charge in [0, 0.05) is 24.7 Å². The third-order valence-corrected chi connectivity index (χ3v) is 4.54. The quantitative estimate of drug-likeness (QED) is 0.815. The minimum absolute atomic E-state index is 0.110. The molecule has 1 saturated heterocycles. The number of nitrogens with zero attached hydrogens (tertiary/aromatic N) is 1. The molecule has 1 aromatic rings. The maximum Gasteiger partial charge on any atom is 0.283 e. The average molecular weight is 319 g/mol. The van der Waals surface area contributed by atoms with Crippen LogP contribution in [-0.2, 0) is 9.59 Å². The third-order valence-electron chi connectivity index (χ3n) is 4.10. The Morgan fingerprint density at radius 1 is 1.23 bits per heavy atom. The largest absolute Gasteiger partial charge is 0.369 e. The van der Waals surface area contributed by atoms with Gasteiger partial charge in [-0.3, -0.25) is 9.59 Å². The molecule has 0 atom stereocenters. The molecular weight excluding hydrogens is 298 g/mol. The number of nitrogens with two attached hydrogens (primary N) is 1. The first-order chi connectivity index (χ1) is 10.4. The number of rotatable bonds is 2. The summed E-state index contributed by atoms with van der Waals surface area (Å²) in [6, 6.07) is 5.85. The Labute approximate surface area is 135 Å². The van der Waals surface area contributed by atoms with E-state index in [2.05, 4.69) is 5.32 Å². The number of aryl methyl sites for hydroxylation is 2. The van der Waals surface area contributed by atoms with Crippen molar-refractivity contribution >= 4 is 34.7 Å². The van der Waals surface area contributed by atoms with Crippen molar-refractivity contribution in [2.45, 2.75) is 26.7 Å². The van der Waals surface area contributed by atoms with Crippen LogP contribution in [0.2, 0.25) is 0 Å². The average Bonchev–Trinajstić information content (AvgIpc) is 2.50. The number of carbonyl (C=O) groups excluding carboxylic acids is 2. The van der Waals surface area contributed by atoms with Gasteiger partial charge < -0.3 is 16.0 Å². The standard InChI is InChI=1S/C16H21N3O2S/c1-10-4-3-5-11(2)13(10)18-15(21)16(22)19-8-6-12(7-9-19)14(17)20/h3-5,12H,6-9H2,1-2H3,(H2,17,20)(H,18,21). The lowest BCUT2D eigenvalue weighted by Crippen LogP contribution is -2.45. The van der Waals surface area contributed by atoms with Gasteiger partial charge in [-0.2, -0.15) is 0 Å². The Kier molecular flexibility index (Phi) is 5.13. The number of thiocarbonyl (C=S) groups is 1. The van der Waals surface area contributed by atoms with Crippen molar-refractivity contribution in [3.63, 3.8) is 0 Å². The zero-order valence-electron chi connectivity index (χ0n) is 12.9. The zero-order valence-corrected chi connectivity index (χ0v) is 13.7. The molecule has 0 radical (unpaired) electrons. The molecule has 1 aliphatic heterocycles. The van der Waals surface area contributed by atoms with Gasteiger partial charge in [-0.25, -0.2) is 0 Å². The Balaban J connectivity index is 1.99. The molecule has 5 nitrogen and oxygen atoms in total. The number of likely N-dealkylation sites (tertiary alicyclic amines) is 1. The van der Waals surface area contributed by atoms with Gasteiger partial charge >= 0.3 is 0 Å². The molecular formula is C16H21N3O2S. The second-order valence-corrected chi connectivity index (χ2v) is 6.08. The number of amides is 2. The van der Waals surface area contributed by atoms with Gasteiger partial charge in [0.15, 0.2) is 4.99 Å². The molecule has 118 valence electrons. The molecule has 0 saturated carbocycles. The van der Waals surface area contributed by atoms with Crippen LogP contribution in [0.5, 0.6) is 0 Å². The van der Waals surface area contributed by atoms with Crippen LogP contribution < -0.4 is 11.1 Å². The topological polar surface area (TPSA) is 75.4 Å². The van der Waals surface area contributed by atoms with Gasteiger partial charge in [-0.15, -0.1) is 0 Å². The van der Waals surface area contributed by atoms with E-state index in [0.29, 0.717) is 25.9 Å². The highest BCUT2D eigenvalue weighted by Gasteiger charge is 2.27. The Hall–Kier alpha value is -1.95. The number of nitrogens with one attached hydrogen (secondary N) is 1. The van der Waals surface area contributed by atoms with Crippen molar-refractivity contribution in [1.82, 2.24) is 4.90 Å². The highest BCUT2D eigenvalue weighted by atomic mass is 32.1. The monoisotopic (exact) mass is 319 g/mol. The predicted molar refractivity (Wildman–Crippen MR) is 90.6 cm³/mol. The molecule has 0 aromatic heterocycles. The molecule has 2 rings (SSSR count). The Bertz CT molecular complexity index is 587. The summed E-state index contributed by atoms with van der Waals surface area (Å²) in [6.07, 6.45) is 1.29. The van der Waals surface area contributed by atoms with E-state index in [4.69, 9.17) is 18.0 Å². The van der Waals surface area contributed by atoms with Gasteiger partial charge in [0.2, 0.25) is 5.91 Å². The van der Waals surface area contributed by atoms with Crippen molar-refractivity contribution in [3.8, 4) is 0 Å². The molecule has 1 heterocycles. The summed E-state index contributed by atoms with van der Waals surface area (Å²) in [6.45, 7) is 5.08. The van der Waals surface area contributed by atoms with E-state index in [0.717, 1.165) is 16.8 Å². The lowest BCUT2D eigenvalue weighted by molar-refractivity contribution is -0.122. The summed E-state index contributed by atoms with van der Waals surface area (Å²) in [5.41, 5.74) is 8.13. The van der Waals surface area contributed by atoms with E-state index in [-0.39, 0.29) is 22.7 Å². The summed E-state index contributed by atoms with van der Waals surface area (Å²) >= 11 is 5.28. The molecule has 0 spiro atoms. The van der Waals surface area contributed by atoms with Crippen molar-refractivity contribution in [1.29, 1.82) is 0 Å². The fraction of sp³-hybridized carbons (Fsp3) is 0.438. The highest BCUT2D eigenvalue weighted by Crippen LogP contribution is 2.21. The van der Waals surface area contributed by atoms with E-state index in [9.17, 15) is 9.59 Å². The molecule has 1 aliphatic rings. The Morgan fingerprint density at radius 2 is 1.77 bits per heavy atom. The molecule has 0 bridgehead atoms. The first-order valence-electron chi connectivity index (χ1n) is 7.36. The summed E-state index contributed by atoms with van der Waals surface area (Å²) < 4.78 is 0. The summed E-state index contributed by atoms with van der Waals surface area (Å²) in [7, 11) is 0. The normalized spacial score (nSPS) is 15.5. The summed E-state index contributed by atoms with van der Waals surface area (Å²) in [5.74, 6) is -0.656. The fourth-order valence-electron chi connectivity index (χ4n) is 2.69. The van der Waals surface area contributed by atoms with Crippen LogP contribution in [-0.4, -0.2) is 34.8 Å². The van der Waals surface area contributed by atoms with E-state index < -0.39 is 0 Å². The molecule has 2 amide bonds. The number of hydrogen-bond donors (Lipinski definition) is 2. The van der Waals surface area contributed by atoms with Crippen LogP contribution in [0.15, 0.2) is 18.2 Å². The number of benzene rings is 1. The zero-order chi connectivity index (χ0) is 16.3. The van der Waals surface area contributed by atoms with Crippen molar-refractivity contribution in [2.24, 2.45) is 11.7 Å². The number of hydrogen-bond acceptors (Lipinski definition) is 3. The Morgan fingerprint density at radius 3 is 2.27 bits per heavy atom. The van der Waals surface area contributed by atoms with E-state index in [1.807, 2.05) is 36.9 Å². The molecule has 22 heavy (non-hydrogen) atoms. The number of piperidine rings is 1. The van der Waals surface area contributed by atoms with Gasteiger partial charge in [-0.05, 0) is 37.8 Å². The van der Waals surface area contributed by atoms with Crippen LogP contribution in [0.1, 0.15) is 24.0 Å². The van der Waals surface area contributed by atoms with Gasteiger partial charge in [0.05, 0.1) is 0 Å². The van der Waals surface area contributed by atoms with Gasteiger partial charge in [0.1, 0.15) is 0 Å². The molecule has 6 heteroatoms. The smallest absolute Gasteiger partial charge is 0.283 e. The molecule has 1 aromatic carbocycles. The number of para-hydroxylation sites is 1. The van der Waals surface area contributed by atoms with E-state index in [1.54, 1.807) is 0 Å². The third kappa shape index (κ3) is 3.62. The SMILES string of the molecule is Cc1cccc(C)c1NC(=O)C(=S)N1CCC(C(N)=O)CC1. The molecule has 0 unspecified atom stereocenters. The van der Waals surface area contributed by atoms with Crippen LogP contribution in [0, 0.1) is 19.8 Å². The lowest BCUT2D eigenvalue weighted by Gasteiger charge is -2.31. The maximum absolute atomic E-state index is 12.3. The number of anilines is 1. The second kappa shape index (κ2) is 6.87. The van der Waals surface area contributed by atoms with Crippen LogP contribution in [0.3, 0.4) is 0 Å². The highest BCUT2D eigenvalue weighted by molar-refractivity contribution is 7.82. The summed E-state index contributed by atoms with van der Waals surface area (Å²) in [4.78, 5) is 25.6. The van der Waals surface area contributed by atoms with Gasteiger partial charge in [0.25, 0.3) is 5.91 Å². The number of carbonyl (C=O) groups is 2. The van der Waals surface area contributed by atoms with Crippen molar-refractivity contribution in [2.75, 3.05) is 18.4 Å². The molecule has 1 fully saturated rings. The first-order valence-corrected chi connectivity index (χ1v) is 7.76. The van der Waals surface area contributed by atoms with E-state index in [1.165, 1.54) is 0 Å².